The molecule has 0 spiro atoms. The van der Waals surface area contributed by atoms with Crippen LogP contribution in [-0.4, -0.2) is 20.2 Å². The molecule has 0 radical (unpaired) electrons. The zero-order valence-electron chi connectivity index (χ0n) is 8.74. The van der Waals surface area contributed by atoms with Gasteiger partial charge in [-0.1, -0.05) is 19.6 Å². The summed E-state index contributed by atoms with van der Waals surface area (Å²) in [6.07, 6.45) is 3.64. The molecule has 0 amide bonds. The van der Waals surface area contributed by atoms with Crippen LogP contribution in [-0.2, 0) is 4.74 Å². The molecule has 0 unspecified atom stereocenters. The largest absolute Gasteiger partial charge is 0.380 e. The van der Waals surface area contributed by atoms with E-state index in [1.54, 1.807) is 7.11 Å². The lowest BCUT2D eigenvalue weighted by Crippen LogP contribution is -2.32. The van der Waals surface area contributed by atoms with E-state index in [2.05, 4.69) is 24.6 Å². The standard InChI is InChI=1S/C10H17NOSi/c1-12-10(13(2,3)4)9-5-7-11-8-6-9/h5-8,10H,1-4H3/t10-/m0/s1. The molecular weight excluding hydrogens is 178 g/mol. The van der Waals surface area contributed by atoms with Crippen LogP contribution in [0.4, 0.5) is 0 Å². The number of hydrogen-bond acceptors (Lipinski definition) is 2. The molecule has 3 heteroatoms. The summed E-state index contributed by atoms with van der Waals surface area (Å²) in [4.78, 5) is 4.00. The molecular formula is C10H17NOSi. The van der Waals surface area contributed by atoms with Crippen LogP contribution in [0.3, 0.4) is 0 Å². The van der Waals surface area contributed by atoms with E-state index in [1.807, 2.05) is 24.5 Å². The number of aromatic nitrogens is 1. The highest BCUT2D eigenvalue weighted by Crippen LogP contribution is 2.26. The van der Waals surface area contributed by atoms with Crippen molar-refractivity contribution in [3.05, 3.63) is 30.1 Å². The Morgan fingerprint density at radius 3 is 2.15 bits per heavy atom. The van der Waals surface area contributed by atoms with Gasteiger partial charge in [-0.2, -0.15) is 0 Å². The fraction of sp³-hybridized carbons (Fsp3) is 0.500. The Morgan fingerprint density at radius 1 is 1.23 bits per heavy atom. The molecule has 1 aromatic heterocycles. The fourth-order valence-corrected chi connectivity index (χ4v) is 3.43. The molecule has 0 saturated carbocycles. The average molecular weight is 195 g/mol. The van der Waals surface area contributed by atoms with Gasteiger partial charge in [-0.3, -0.25) is 4.98 Å². The zero-order chi connectivity index (χ0) is 9.90. The maximum absolute atomic E-state index is 5.53. The van der Waals surface area contributed by atoms with Gasteiger partial charge in [0.05, 0.1) is 13.8 Å². The van der Waals surface area contributed by atoms with Crippen LogP contribution in [0.1, 0.15) is 11.3 Å². The molecule has 2 nitrogen and oxygen atoms in total. The minimum Gasteiger partial charge on any atom is -0.380 e. The van der Waals surface area contributed by atoms with Gasteiger partial charge in [-0.05, 0) is 17.7 Å². The van der Waals surface area contributed by atoms with Crippen LogP contribution in [0.25, 0.3) is 0 Å². The minimum absolute atomic E-state index is 0.274. The molecule has 0 aliphatic carbocycles. The smallest absolute Gasteiger partial charge is 0.0842 e. The van der Waals surface area contributed by atoms with Crippen LogP contribution in [0, 0.1) is 0 Å². The van der Waals surface area contributed by atoms with Crippen molar-refractivity contribution in [1.82, 2.24) is 4.98 Å². The van der Waals surface area contributed by atoms with Crippen molar-refractivity contribution in [1.29, 1.82) is 0 Å². The van der Waals surface area contributed by atoms with Gasteiger partial charge in [-0.25, -0.2) is 0 Å². The van der Waals surface area contributed by atoms with E-state index < -0.39 is 8.07 Å². The van der Waals surface area contributed by atoms with Gasteiger partial charge in [0, 0.05) is 19.5 Å². The van der Waals surface area contributed by atoms with Crippen LogP contribution < -0.4 is 0 Å². The number of nitrogens with zero attached hydrogens (tertiary/aromatic N) is 1. The van der Waals surface area contributed by atoms with Crippen molar-refractivity contribution in [2.75, 3.05) is 7.11 Å². The molecule has 13 heavy (non-hydrogen) atoms. The Morgan fingerprint density at radius 2 is 1.77 bits per heavy atom. The molecule has 1 heterocycles. The summed E-state index contributed by atoms with van der Waals surface area (Å²) < 4.78 is 5.53. The van der Waals surface area contributed by atoms with E-state index in [4.69, 9.17) is 4.74 Å². The summed E-state index contributed by atoms with van der Waals surface area (Å²) in [6.45, 7) is 6.92. The maximum atomic E-state index is 5.53. The minimum atomic E-state index is -1.28. The molecule has 0 aromatic carbocycles. The van der Waals surface area contributed by atoms with Crippen molar-refractivity contribution in [3.8, 4) is 0 Å². The van der Waals surface area contributed by atoms with Gasteiger partial charge < -0.3 is 4.74 Å². The molecule has 0 saturated heterocycles. The third kappa shape index (κ3) is 2.64. The number of pyridine rings is 1. The molecule has 0 aliphatic heterocycles. The topological polar surface area (TPSA) is 22.1 Å². The first-order valence-electron chi connectivity index (χ1n) is 4.48. The normalized spacial score (nSPS) is 14.2. The van der Waals surface area contributed by atoms with Gasteiger partial charge in [0.25, 0.3) is 0 Å². The maximum Gasteiger partial charge on any atom is 0.0842 e. The van der Waals surface area contributed by atoms with Crippen molar-refractivity contribution in [2.24, 2.45) is 0 Å². The third-order valence-corrected chi connectivity index (χ3v) is 4.17. The van der Waals surface area contributed by atoms with E-state index in [0.717, 1.165) is 0 Å². The molecule has 0 bridgehead atoms. The molecule has 0 aliphatic rings. The summed E-state index contributed by atoms with van der Waals surface area (Å²) in [7, 11) is 0.504. The zero-order valence-corrected chi connectivity index (χ0v) is 9.74. The second-order valence-electron chi connectivity index (χ2n) is 4.26. The van der Waals surface area contributed by atoms with Gasteiger partial charge in [0.2, 0.25) is 0 Å². The lowest BCUT2D eigenvalue weighted by Gasteiger charge is -2.27. The molecule has 1 rings (SSSR count). The summed E-state index contributed by atoms with van der Waals surface area (Å²) in [5.74, 6) is 0. The predicted molar refractivity (Wildman–Crippen MR) is 57.3 cm³/mol. The summed E-state index contributed by atoms with van der Waals surface area (Å²) in [5, 5.41) is 0. The predicted octanol–water partition coefficient (Wildman–Crippen LogP) is 2.65. The lowest BCUT2D eigenvalue weighted by atomic mass is 10.3. The summed E-state index contributed by atoms with van der Waals surface area (Å²) >= 11 is 0. The first kappa shape index (κ1) is 10.4. The van der Waals surface area contributed by atoms with Crippen LogP contribution >= 0.6 is 0 Å². The van der Waals surface area contributed by atoms with Crippen molar-refractivity contribution in [3.63, 3.8) is 0 Å². The van der Waals surface area contributed by atoms with Crippen LogP contribution in [0.15, 0.2) is 24.5 Å². The Balaban J connectivity index is 2.92. The van der Waals surface area contributed by atoms with Gasteiger partial charge in [-0.15, -0.1) is 0 Å². The van der Waals surface area contributed by atoms with E-state index in [9.17, 15) is 0 Å². The first-order chi connectivity index (χ1) is 6.05. The molecule has 1 atom stereocenters. The Hall–Kier alpha value is -0.673. The highest BCUT2D eigenvalue weighted by atomic mass is 28.3. The van der Waals surface area contributed by atoms with Crippen molar-refractivity contribution in [2.45, 2.75) is 25.4 Å². The summed E-state index contributed by atoms with van der Waals surface area (Å²) in [5.41, 5.74) is 1.52. The van der Waals surface area contributed by atoms with Gasteiger partial charge in [0.15, 0.2) is 0 Å². The quantitative estimate of drug-likeness (QED) is 0.692. The van der Waals surface area contributed by atoms with E-state index in [0.29, 0.717) is 0 Å². The van der Waals surface area contributed by atoms with Crippen LogP contribution in [0.5, 0.6) is 0 Å². The number of ether oxygens (including phenoxy) is 1. The van der Waals surface area contributed by atoms with Gasteiger partial charge >= 0.3 is 0 Å². The Kier molecular flexibility index (Phi) is 3.22. The van der Waals surface area contributed by atoms with Crippen LogP contribution in [0.2, 0.25) is 19.6 Å². The fourth-order valence-electron chi connectivity index (χ4n) is 1.53. The monoisotopic (exact) mass is 195 g/mol. The number of methoxy groups -OCH3 is 1. The first-order valence-corrected chi connectivity index (χ1v) is 8.06. The second-order valence-corrected chi connectivity index (χ2v) is 9.52. The highest BCUT2D eigenvalue weighted by molar-refractivity contribution is 6.77. The summed E-state index contributed by atoms with van der Waals surface area (Å²) in [6, 6.07) is 4.07. The Bertz CT molecular complexity index is 255. The number of hydrogen-bond donors (Lipinski definition) is 0. The highest BCUT2D eigenvalue weighted by Gasteiger charge is 2.27. The SMILES string of the molecule is CO[C@H](c1ccncc1)[Si](C)(C)C. The molecule has 0 fully saturated rings. The van der Waals surface area contributed by atoms with E-state index in [1.165, 1.54) is 5.56 Å². The second kappa shape index (κ2) is 4.02. The number of rotatable bonds is 3. The van der Waals surface area contributed by atoms with Crippen molar-refractivity contribution < 1.29 is 4.74 Å². The molecule has 1 aromatic rings. The molecule has 72 valence electrons. The van der Waals surface area contributed by atoms with E-state index >= 15 is 0 Å². The average Bonchev–Trinajstić information content (AvgIpc) is 2.05. The van der Waals surface area contributed by atoms with E-state index in [-0.39, 0.29) is 5.73 Å². The Labute approximate surface area is 81.0 Å². The van der Waals surface area contributed by atoms with Gasteiger partial charge in [0.1, 0.15) is 0 Å². The lowest BCUT2D eigenvalue weighted by molar-refractivity contribution is 0.160. The molecule has 0 N–H and O–H groups in total. The third-order valence-electron chi connectivity index (χ3n) is 2.03. The van der Waals surface area contributed by atoms with Crippen molar-refractivity contribution >= 4 is 8.07 Å².